The molecule has 0 saturated heterocycles. The molecule has 10 rings (SSSR count). The lowest BCUT2D eigenvalue weighted by Gasteiger charge is -2.11. The van der Waals surface area contributed by atoms with Crippen LogP contribution in [0.25, 0.3) is 77.5 Å². The van der Waals surface area contributed by atoms with Crippen LogP contribution in [0.1, 0.15) is 23.6 Å². The van der Waals surface area contributed by atoms with Crippen molar-refractivity contribution in [3.8, 4) is 22.5 Å². The number of benzene rings is 7. The van der Waals surface area contributed by atoms with Crippen molar-refractivity contribution in [3.05, 3.63) is 224 Å². The van der Waals surface area contributed by atoms with Crippen molar-refractivity contribution in [2.45, 2.75) is 6.92 Å². The van der Waals surface area contributed by atoms with Crippen molar-refractivity contribution < 1.29 is 0 Å². The molecule has 0 amide bonds. The third kappa shape index (κ3) is 6.14. The van der Waals surface area contributed by atoms with E-state index in [0.717, 1.165) is 72.5 Å². The minimum Gasteiger partial charge on any atom is -0.309 e. The Kier molecular flexibility index (Phi) is 8.50. The lowest BCUT2D eigenvalue weighted by atomic mass is 10.0. The van der Waals surface area contributed by atoms with Crippen LogP contribution in [0, 0.1) is 0 Å². The second kappa shape index (κ2) is 14.3. The highest BCUT2D eigenvalue weighted by atomic mass is 15.0. The molecule has 0 aliphatic carbocycles. The van der Waals surface area contributed by atoms with Crippen LogP contribution in [0.15, 0.2) is 212 Å². The van der Waals surface area contributed by atoms with Gasteiger partial charge in [0.2, 0.25) is 0 Å². The van der Waals surface area contributed by atoms with Crippen molar-refractivity contribution in [3.63, 3.8) is 0 Å². The molecule has 3 aromatic heterocycles. The summed E-state index contributed by atoms with van der Waals surface area (Å²) in [6, 6.07) is 66.3. The fourth-order valence-electron chi connectivity index (χ4n) is 8.10. The van der Waals surface area contributed by atoms with Crippen molar-refractivity contribution in [2.75, 3.05) is 0 Å². The molecule has 0 bridgehead atoms. The fraction of sp³-hybridized carbons (Fsp3) is 0.0189. The molecular weight excluding hydrogens is 693 g/mol. The highest BCUT2D eigenvalue weighted by Gasteiger charge is 2.17. The molecule has 0 unspecified atom stereocenters. The summed E-state index contributed by atoms with van der Waals surface area (Å²) in [6.07, 6.45) is 3.95. The van der Waals surface area contributed by atoms with E-state index >= 15 is 0 Å². The van der Waals surface area contributed by atoms with Crippen LogP contribution in [-0.2, 0) is 0 Å². The first-order valence-electron chi connectivity index (χ1n) is 19.3. The number of hydrogen-bond acceptors (Lipinski definition) is 2. The zero-order chi connectivity index (χ0) is 38.3. The smallest absolute Gasteiger partial charge is 0.145 e. The third-order valence-electron chi connectivity index (χ3n) is 10.9. The minimum absolute atomic E-state index is 0.862. The molecule has 3 heterocycles. The van der Waals surface area contributed by atoms with Gasteiger partial charge >= 0.3 is 0 Å². The monoisotopic (exact) mass is 730 g/mol. The maximum atomic E-state index is 5.23. The first-order chi connectivity index (χ1) is 28.1. The average Bonchev–Trinajstić information content (AvgIpc) is 3.79. The summed E-state index contributed by atoms with van der Waals surface area (Å²) >= 11 is 0. The van der Waals surface area contributed by atoms with Gasteiger partial charge in [-0.25, -0.2) is 4.98 Å². The van der Waals surface area contributed by atoms with Crippen LogP contribution < -0.4 is 0 Å². The Morgan fingerprint density at radius 3 is 1.91 bits per heavy atom. The Labute approximate surface area is 331 Å². The van der Waals surface area contributed by atoms with Crippen LogP contribution in [0.3, 0.4) is 0 Å². The van der Waals surface area contributed by atoms with Gasteiger partial charge in [-0.1, -0.05) is 134 Å². The molecule has 10 aromatic rings. The van der Waals surface area contributed by atoms with Crippen molar-refractivity contribution in [1.29, 1.82) is 0 Å². The van der Waals surface area contributed by atoms with Gasteiger partial charge in [-0.15, -0.1) is 0 Å². The van der Waals surface area contributed by atoms with E-state index in [-0.39, 0.29) is 0 Å². The molecule has 0 fully saturated rings. The summed E-state index contributed by atoms with van der Waals surface area (Å²) in [6.45, 7) is 6.46. The van der Waals surface area contributed by atoms with E-state index in [2.05, 4.69) is 174 Å². The number of hydrogen-bond donors (Lipinski definition) is 0. The Balaban J connectivity index is 1.07. The molecule has 0 spiro atoms. The summed E-state index contributed by atoms with van der Waals surface area (Å²) in [7, 11) is 0. The van der Waals surface area contributed by atoms with Crippen LogP contribution in [-0.4, -0.2) is 19.8 Å². The first-order valence-corrected chi connectivity index (χ1v) is 19.3. The van der Waals surface area contributed by atoms with Crippen LogP contribution in [0.5, 0.6) is 0 Å². The highest BCUT2D eigenvalue weighted by molar-refractivity contribution is 6.12. The number of aliphatic imine (C=N–C) groups is 1. The quantitative estimate of drug-likeness (QED) is 0.113. The SMILES string of the molecule is C=C(/C=C(\N=C(/C)c1cccc(-n2c3ccc(-c4ccc5c6ccccc6n(-c6ccccc6)c5c4)cc3c3cccnc32)c1)c1ccccc1)c1ccccc1. The Hall–Kier alpha value is -7.56. The number of para-hydroxylation sites is 2. The molecule has 0 atom stereocenters. The molecule has 57 heavy (non-hydrogen) atoms. The van der Waals surface area contributed by atoms with E-state index in [1.54, 1.807) is 0 Å². The zero-order valence-corrected chi connectivity index (χ0v) is 31.5. The second-order valence-corrected chi connectivity index (χ2v) is 14.4. The molecular formula is C53H38N4. The molecule has 0 N–H and O–H groups in total. The van der Waals surface area contributed by atoms with E-state index in [0.29, 0.717) is 0 Å². The molecule has 270 valence electrons. The second-order valence-electron chi connectivity index (χ2n) is 14.4. The maximum Gasteiger partial charge on any atom is 0.145 e. The zero-order valence-electron chi connectivity index (χ0n) is 31.5. The van der Waals surface area contributed by atoms with Gasteiger partial charge in [0.25, 0.3) is 0 Å². The van der Waals surface area contributed by atoms with Gasteiger partial charge in [0.05, 0.1) is 22.2 Å². The van der Waals surface area contributed by atoms with Gasteiger partial charge < -0.3 is 4.57 Å². The standard InChI is InChI=1S/C53H38N4/c1-36(38-16-6-3-7-17-38)32-49(39-18-8-4-9-19-39)55-37(2)40-20-14-23-44(33-40)57-51-30-28-41(34-48(51)47-25-15-31-54-53(47)57)42-27-29-46-45-24-12-13-26-50(45)56(52(46)35-42)43-21-10-5-11-22-43/h3-35H,1H2,2H3/b49-32-,55-37+. The largest absolute Gasteiger partial charge is 0.309 e. The van der Waals surface area contributed by atoms with Crippen molar-refractivity contribution in [2.24, 2.45) is 4.99 Å². The van der Waals surface area contributed by atoms with Gasteiger partial charge in [-0.2, -0.15) is 0 Å². The molecule has 4 nitrogen and oxygen atoms in total. The lowest BCUT2D eigenvalue weighted by Crippen LogP contribution is -2.00. The Bertz CT molecular complexity index is 3180. The van der Waals surface area contributed by atoms with Crippen molar-refractivity contribution >= 4 is 60.7 Å². The lowest BCUT2D eigenvalue weighted by molar-refractivity contribution is 1.13. The van der Waals surface area contributed by atoms with Crippen LogP contribution in [0.4, 0.5) is 0 Å². The van der Waals surface area contributed by atoms with Gasteiger partial charge in [0.15, 0.2) is 0 Å². The van der Waals surface area contributed by atoms with E-state index in [1.165, 1.54) is 27.4 Å². The predicted octanol–water partition coefficient (Wildman–Crippen LogP) is 13.5. The Morgan fingerprint density at radius 1 is 0.491 bits per heavy atom. The van der Waals surface area contributed by atoms with Gasteiger partial charge in [-0.3, -0.25) is 9.56 Å². The van der Waals surface area contributed by atoms with E-state index < -0.39 is 0 Å². The summed E-state index contributed by atoms with van der Waals surface area (Å²) in [5, 5.41) is 4.76. The molecule has 4 heteroatoms. The maximum absolute atomic E-state index is 5.23. The van der Waals surface area contributed by atoms with Crippen LogP contribution >= 0.6 is 0 Å². The summed E-state index contributed by atoms with van der Waals surface area (Å²) in [5.74, 6) is 0. The molecule has 0 saturated carbocycles. The highest BCUT2D eigenvalue weighted by Crippen LogP contribution is 2.38. The molecule has 7 aromatic carbocycles. The predicted molar refractivity (Wildman–Crippen MR) is 240 cm³/mol. The summed E-state index contributed by atoms with van der Waals surface area (Å²) in [5.41, 5.74) is 14.7. The van der Waals surface area contributed by atoms with E-state index in [4.69, 9.17) is 9.98 Å². The number of fused-ring (bicyclic) bond motifs is 6. The topological polar surface area (TPSA) is 35.1 Å². The Morgan fingerprint density at radius 2 is 1.11 bits per heavy atom. The number of nitrogens with zero attached hydrogens (tertiary/aromatic N) is 4. The average molecular weight is 731 g/mol. The van der Waals surface area contributed by atoms with E-state index in [9.17, 15) is 0 Å². The minimum atomic E-state index is 0.862. The van der Waals surface area contributed by atoms with Gasteiger partial charge in [0, 0.05) is 50.4 Å². The normalized spacial score (nSPS) is 12.2. The van der Waals surface area contributed by atoms with Crippen molar-refractivity contribution in [1.82, 2.24) is 14.1 Å². The third-order valence-corrected chi connectivity index (χ3v) is 10.9. The van der Waals surface area contributed by atoms with Gasteiger partial charge in [-0.05, 0) is 101 Å². The summed E-state index contributed by atoms with van der Waals surface area (Å²) < 4.78 is 4.64. The molecule has 0 aliphatic heterocycles. The van der Waals surface area contributed by atoms with E-state index in [1.807, 2.05) is 48.7 Å². The fourth-order valence-corrected chi connectivity index (χ4v) is 8.10. The first kappa shape index (κ1) is 34.0. The number of pyridine rings is 1. The van der Waals surface area contributed by atoms with Crippen LogP contribution in [0.2, 0.25) is 0 Å². The molecule has 0 aliphatic rings. The summed E-state index contributed by atoms with van der Waals surface area (Å²) in [4.78, 5) is 10.2. The van der Waals surface area contributed by atoms with Gasteiger partial charge in [0.1, 0.15) is 5.65 Å². The number of rotatable bonds is 8. The number of allylic oxidation sites excluding steroid dienone is 2. The number of aromatic nitrogens is 3. The molecule has 0 radical (unpaired) electrons.